The number of para-hydroxylation sites is 2. The molecular weight excluding hydrogens is 352 g/mol. The third-order valence-corrected chi connectivity index (χ3v) is 7.53. The number of rotatable bonds is 1. The summed E-state index contributed by atoms with van der Waals surface area (Å²) in [6.07, 6.45) is 6.13. The van der Waals surface area contributed by atoms with Gasteiger partial charge in [0.05, 0.1) is 0 Å². The molecule has 0 unspecified atom stereocenters. The van der Waals surface area contributed by atoms with Crippen molar-refractivity contribution < 1.29 is 0 Å². The maximum absolute atomic E-state index is 3.87. The van der Waals surface area contributed by atoms with Gasteiger partial charge in [0.2, 0.25) is 0 Å². The standard InChI is InChI=1S/C27H28N2/c1-16-13-19-23-18-10-5-7-11-21(18)28-26(23)24(25(19)27(2,3)14-16)20-15-29(4)22-12-8-6-9-17(20)22/h5-13,15,19,24-25,28H,14H2,1-4H3/t19-,24+,25-/m0/s1. The van der Waals surface area contributed by atoms with Gasteiger partial charge in [0.15, 0.2) is 0 Å². The van der Waals surface area contributed by atoms with E-state index in [0.29, 0.717) is 17.8 Å². The Kier molecular flexibility index (Phi) is 3.35. The first kappa shape index (κ1) is 17.1. The molecule has 4 aromatic rings. The summed E-state index contributed by atoms with van der Waals surface area (Å²) in [7, 11) is 2.18. The lowest BCUT2D eigenvalue weighted by Crippen LogP contribution is -2.33. The van der Waals surface area contributed by atoms with Crippen molar-refractivity contribution in [1.29, 1.82) is 0 Å². The van der Waals surface area contributed by atoms with E-state index in [-0.39, 0.29) is 5.41 Å². The van der Waals surface area contributed by atoms with Gasteiger partial charge < -0.3 is 9.55 Å². The number of allylic oxidation sites excluding steroid dienone is 2. The van der Waals surface area contributed by atoms with Crippen molar-refractivity contribution >= 4 is 21.8 Å². The van der Waals surface area contributed by atoms with Gasteiger partial charge in [0.25, 0.3) is 0 Å². The Morgan fingerprint density at radius 2 is 1.72 bits per heavy atom. The second-order valence-corrected chi connectivity index (χ2v) is 9.92. The molecule has 2 aromatic heterocycles. The number of H-pyrrole nitrogens is 1. The predicted octanol–water partition coefficient (Wildman–Crippen LogP) is 6.88. The molecular formula is C27H28N2. The molecule has 0 fully saturated rings. The highest BCUT2D eigenvalue weighted by Crippen LogP contribution is 2.62. The Bertz CT molecular complexity index is 1300. The monoisotopic (exact) mass is 380 g/mol. The fraction of sp³-hybridized carbons (Fsp3) is 0.333. The highest BCUT2D eigenvalue weighted by molar-refractivity contribution is 5.89. The number of hydrogen-bond donors (Lipinski definition) is 1. The number of hydrogen-bond acceptors (Lipinski definition) is 0. The van der Waals surface area contributed by atoms with Crippen molar-refractivity contribution in [1.82, 2.24) is 9.55 Å². The second kappa shape index (κ2) is 5.66. The molecule has 1 N–H and O–H groups in total. The minimum atomic E-state index is 0.256. The Labute approximate surface area is 172 Å². The minimum absolute atomic E-state index is 0.256. The maximum atomic E-state index is 3.87. The molecule has 2 aromatic carbocycles. The number of fused-ring (bicyclic) bond motifs is 6. The zero-order chi connectivity index (χ0) is 19.9. The van der Waals surface area contributed by atoms with Crippen LogP contribution < -0.4 is 0 Å². The van der Waals surface area contributed by atoms with Gasteiger partial charge in [0.1, 0.15) is 0 Å². The van der Waals surface area contributed by atoms with E-state index in [0.717, 1.165) is 0 Å². The van der Waals surface area contributed by atoms with Gasteiger partial charge in [-0.1, -0.05) is 61.9 Å². The van der Waals surface area contributed by atoms with Crippen LogP contribution in [0.15, 0.2) is 66.4 Å². The molecule has 29 heavy (non-hydrogen) atoms. The normalized spacial score (nSPS) is 25.2. The summed E-state index contributed by atoms with van der Waals surface area (Å²) in [5, 5.41) is 2.80. The van der Waals surface area contributed by atoms with E-state index in [1.54, 1.807) is 0 Å². The highest BCUT2D eigenvalue weighted by atomic mass is 14.9. The third kappa shape index (κ3) is 2.23. The largest absolute Gasteiger partial charge is 0.358 e. The van der Waals surface area contributed by atoms with Gasteiger partial charge in [-0.15, -0.1) is 0 Å². The fourth-order valence-corrected chi connectivity index (χ4v) is 6.65. The Morgan fingerprint density at radius 1 is 1.00 bits per heavy atom. The smallest absolute Gasteiger partial charge is 0.0480 e. The van der Waals surface area contributed by atoms with E-state index in [1.807, 2.05) is 0 Å². The van der Waals surface area contributed by atoms with Crippen molar-refractivity contribution in [2.75, 3.05) is 0 Å². The number of benzene rings is 2. The van der Waals surface area contributed by atoms with Gasteiger partial charge >= 0.3 is 0 Å². The van der Waals surface area contributed by atoms with Gasteiger partial charge in [-0.2, -0.15) is 0 Å². The SMILES string of the molecule is CC1=C[C@H]2c3c([nH]c4ccccc34)[C@H](c3cn(C)c4ccccc34)[C@H]2C(C)(C)C1. The Morgan fingerprint density at radius 3 is 2.55 bits per heavy atom. The van der Waals surface area contributed by atoms with Crippen LogP contribution in [0.2, 0.25) is 0 Å². The first-order chi connectivity index (χ1) is 14.0. The summed E-state index contributed by atoms with van der Waals surface area (Å²) in [5.74, 6) is 1.45. The summed E-state index contributed by atoms with van der Waals surface area (Å²) < 4.78 is 2.30. The van der Waals surface area contributed by atoms with E-state index in [1.165, 1.54) is 50.6 Å². The lowest BCUT2D eigenvalue weighted by molar-refractivity contribution is 0.173. The number of nitrogens with zero attached hydrogens (tertiary/aromatic N) is 1. The number of nitrogens with one attached hydrogen (secondary N) is 1. The topological polar surface area (TPSA) is 20.7 Å². The highest BCUT2D eigenvalue weighted by Gasteiger charge is 2.52. The molecule has 3 atom stereocenters. The third-order valence-electron chi connectivity index (χ3n) is 7.53. The van der Waals surface area contributed by atoms with E-state index in [2.05, 4.69) is 98.2 Å². The lowest BCUT2D eigenvalue weighted by Gasteiger charge is -2.43. The van der Waals surface area contributed by atoms with Crippen molar-refractivity contribution in [2.24, 2.45) is 18.4 Å². The number of aryl methyl sites for hydroxylation is 1. The summed E-state index contributed by atoms with van der Waals surface area (Å²) in [6, 6.07) is 17.7. The zero-order valence-corrected chi connectivity index (χ0v) is 17.7. The van der Waals surface area contributed by atoms with E-state index < -0.39 is 0 Å². The van der Waals surface area contributed by atoms with Crippen molar-refractivity contribution in [3.63, 3.8) is 0 Å². The molecule has 2 heteroatoms. The number of aromatic nitrogens is 2. The average molecular weight is 381 g/mol. The molecule has 0 saturated heterocycles. The van der Waals surface area contributed by atoms with Crippen molar-refractivity contribution in [3.05, 3.63) is 83.2 Å². The molecule has 0 saturated carbocycles. The molecule has 0 bridgehead atoms. The molecule has 2 nitrogen and oxygen atoms in total. The van der Waals surface area contributed by atoms with Crippen LogP contribution in [0.3, 0.4) is 0 Å². The molecule has 2 aliphatic carbocycles. The Balaban J connectivity index is 1.69. The van der Waals surface area contributed by atoms with Crippen LogP contribution in [0, 0.1) is 11.3 Å². The second-order valence-electron chi connectivity index (χ2n) is 9.92. The van der Waals surface area contributed by atoms with Crippen molar-refractivity contribution in [2.45, 2.75) is 39.0 Å². The van der Waals surface area contributed by atoms with Crippen LogP contribution >= 0.6 is 0 Å². The molecule has 0 amide bonds. The van der Waals surface area contributed by atoms with Crippen LogP contribution in [-0.2, 0) is 7.05 Å². The van der Waals surface area contributed by atoms with Crippen molar-refractivity contribution in [3.8, 4) is 0 Å². The molecule has 0 aliphatic heterocycles. The van der Waals surface area contributed by atoms with Crippen LogP contribution in [0.25, 0.3) is 21.8 Å². The summed E-state index contributed by atoms with van der Waals surface area (Å²) in [5.41, 5.74) is 8.84. The molecule has 0 radical (unpaired) electrons. The van der Waals surface area contributed by atoms with E-state index in [4.69, 9.17) is 0 Å². The summed E-state index contributed by atoms with van der Waals surface area (Å²) in [4.78, 5) is 3.87. The summed E-state index contributed by atoms with van der Waals surface area (Å²) in [6.45, 7) is 7.28. The number of aromatic amines is 1. The fourth-order valence-electron chi connectivity index (χ4n) is 6.65. The first-order valence-electron chi connectivity index (χ1n) is 10.8. The lowest BCUT2D eigenvalue weighted by atomic mass is 9.61. The van der Waals surface area contributed by atoms with Gasteiger partial charge in [-0.3, -0.25) is 0 Å². The minimum Gasteiger partial charge on any atom is -0.358 e. The molecule has 2 aliphatic rings. The quantitative estimate of drug-likeness (QED) is 0.347. The van der Waals surface area contributed by atoms with Gasteiger partial charge in [0, 0.05) is 52.6 Å². The van der Waals surface area contributed by atoms with Gasteiger partial charge in [-0.25, -0.2) is 0 Å². The predicted molar refractivity (Wildman–Crippen MR) is 121 cm³/mol. The van der Waals surface area contributed by atoms with E-state index >= 15 is 0 Å². The molecule has 6 rings (SSSR count). The maximum Gasteiger partial charge on any atom is 0.0480 e. The zero-order valence-electron chi connectivity index (χ0n) is 17.7. The Hall–Kier alpha value is -2.74. The van der Waals surface area contributed by atoms with Crippen LogP contribution in [0.4, 0.5) is 0 Å². The van der Waals surface area contributed by atoms with E-state index in [9.17, 15) is 0 Å². The van der Waals surface area contributed by atoms with Crippen LogP contribution in [0.5, 0.6) is 0 Å². The van der Waals surface area contributed by atoms with Crippen LogP contribution in [-0.4, -0.2) is 9.55 Å². The average Bonchev–Trinajstić information content (AvgIpc) is 3.31. The first-order valence-corrected chi connectivity index (χ1v) is 10.8. The molecule has 146 valence electrons. The summed E-state index contributed by atoms with van der Waals surface area (Å²) >= 11 is 0. The molecule has 2 heterocycles. The van der Waals surface area contributed by atoms with Gasteiger partial charge in [-0.05, 0) is 47.9 Å². The molecule has 0 spiro atoms. The van der Waals surface area contributed by atoms with Crippen LogP contribution in [0.1, 0.15) is 55.8 Å².